The molecule has 1 aromatic rings. The van der Waals surface area contributed by atoms with Crippen LogP contribution >= 0.6 is 15.9 Å². The first kappa shape index (κ1) is 20.1. The Morgan fingerprint density at radius 3 is 2.96 bits per heavy atom. The maximum Gasteiger partial charge on any atom is 0.190 e. The minimum Gasteiger partial charge on any atom is -0.381 e. The molecule has 0 spiro atoms. The predicted molar refractivity (Wildman–Crippen MR) is 102 cm³/mol. The first-order valence-electron chi connectivity index (χ1n) is 8.73. The quantitative estimate of drug-likeness (QED) is 0.369. The fraction of sp³-hybridized carbons (Fsp3) is 0.611. The predicted octanol–water partition coefficient (Wildman–Crippen LogP) is 2.74. The Hall–Kier alpha value is -1.18. The molecule has 5 nitrogen and oxygen atoms in total. The minimum absolute atomic E-state index is 0.239. The van der Waals surface area contributed by atoms with E-state index in [1.54, 1.807) is 19.2 Å². The average molecular weight is 416 g/mol. The third-order valence-electron chi connectivity index (χ3n) is 4.05. The molecule has 0 radical (unpaired) electrons. The van der Waals surface area contributed by atoms with Gasteiger partial charge in [0.05, 0.1) is 17.7 Å². The molecule has 0 aromatic heterocycles. The second kappa shape index (κ2) is 11.4. The van der Waals surface area contributed by atoms with E-state index >= 15 is 0 Å². The number of ether oxygens (including phenoxy) is 2. The van der Waals surface area contributed by atoms with Gasteiger partial charge in [-0.15, -0.1) is 0 Å². The minimum atomic E-state index is -0.239. The fourth-order valence-electron chi connectivity index (χ4n) is 2.59. The van der Waals surface area contributed by atoms with Crippen LogP contribution < -0.4 is 10.6 Å². The summed E-state index contributed by atoms with van der Waals surface area (Å²) in [6, 6.07) is 5.08. The molecule has 1 unspecified atom stereocenters. The van der Waals surface area contributed by atoms with Crippen LogP contribution in [0.1, 0.15) is 18.4 Å². The summed E-state index contributed by atoms with van der Waals surface area (Å²) in [5.74, 6) is 1.09. The molecule has 1 aliphatic rings. The summed E-state index contributed by atoms with van der Waals surface area (Å²) in [7, 11) is 1.75. The standard InChI is InChI=1S/C18H27BrFN3O2/c1-21-18(22-7-2-9-24-12-15-6-10-25-13-15)23-8-5-14-3-4-17(20)16(19)11-14/h3-4,11,15H,2,5-10,12-13H2,1H3,(H2,21,22,23). The van der Waals surface area contributed by atoms with Crippen LogP contribution in [0, 0.1) is 11.7 Å². The van der Waals surface area contributed by atoms with Crippen molar-refractivity contribution in [2.45, 2.75) is 19.3 Å². The molecule has 1 aromatic carbocycles. The number of benzene rings is 1. The van der Waals surface area contributed by atoms with Gasteiger partial charge in [0.15, 0.2) is 5.96 Å². The molecule has 1 fully saturated rings. The summed E-state index contributed by atoms with van der Waals surface area (Å²) in [4.78, 5) is 4.20. The molecular weight excluding hydrogens is 389 g/mol. The monoisotopic (exact) mass is 415 g/mol. The van der Waals surface area contributed by atoms with E-state index in [2.05, 4.69) is 31.6 Å². The van der Waals surface area contributed by atoms with Crippen LogP contribution in [0.4, 0.5) is 4.39 Å². The van der Waals surface area contributed by atoms with E-state index in [-0.39, 0.29) is 5.82 Å². The smallest absolute Gasteiger partial charge is 0.190 e. The van der Waals surface area contributed by atoms with Gasteiger partial charge in [0, 0.05) is 39.3 Å². The lowest BCUT2D eigenvalue weighted by molar-refractivity contribution is 0.0888. The molecular formula is C18H27BrFN3O2. The summed E-state index contributed by atoms with van der Waals surface area (Å²) in [6.07, 6.45) is 2.84. The van der Waals surface area contributed by atoms with Gasteiger partial charge in [0.25, 0.3) is 0 Å². The van der Waals surface area contributed by atoms with Crippen LogP contribution in [0.15, 0.2) is 27.7 Å². The number of halogens is 2. The number of hydrogen-bond acceptors (Lipinski definition) is 3. The number of nitrogens with zero attached hydrogens (tertiary/aromatic N) is 1. The van der Waals surface area contributed by atoms with Gasteiger partial charge in [-0.1, -0.05) is 6.07 Å². The molecule has 1 heterocycles. The van der Waals surface area contributed by atoms with Gasteiger partial charge < -0.3 is 20.1 Å². The normalized spacial score (nSPS) is 17.7. The Labute approximate surface area is 157 Å². The third-order valence-corrected chi connectivity index (χ3v) is 4.66. The summed E-state index contributed by atoms with van der Waals surface area (Å²) in [6.45, 7) is 4.77. The topological polar surface area (TPSA) is 54.9 Å². The van der Waals surface area contributed by atoms with E-state index in [0.717, 1.165) is 70.3 Å². The van der Waals surface area contributed by atoms with Crippen molar-refractivity contribution in [1.82, 2.24) is 10.6 Å². The molecule has 2 N–H and O–H groups in total. The maximum atomic E-state index is 13.2. The molecule has 1 saturated heterocycles. The highest BCUT2D eigenvalue weighted by atomic mass is 79.9. The second-order valence-corrected chi connectivity index (χ2v) is 6.94. The highest BCUT2D eigenvalue weighted by Crippen LogP contribution is 2.16. The lowest BCUT2D eigenvalue weighted by Gasteiger charge is -2.13. The van der Waals surface area contributed by atoms with Crippen molar-refractivity contribution < 1.29 is 13.9 Å². The second-order valence-electron chi connectivity index (χ2n) is 6.08. The molecule has 1 aliphatic heterocycles. The number of nitrogens with one attached hydrogen (secondary N) is 2. The van der Waals surface area contributed by atoms with Crippen molar-refractivity contribution >= 4 is 21.9 Å². The molecule has 0 aliphatic carbocycles. The van der Waals surface area contributed by atoms with Crippen molar-refractivity contribution in [3.8, 4) is 0 Å². The molecule has 140 valence electrons. The highest BCUT2D eigenvalue weighted by molar-refractivity contribution is 9.10. The van der Waals surface area contributed by atoms with Crippen molar-refractivity contribution in [2.75, 3.05) is 46.6 Å². The Balaban J connectivity index is 1.53. The van der Waals surface area contributed by atoms with Gasteiger partial charge in [0.1, 0.15) is 5.82 Å². The summed E-state index contributed by atoms with van der Waals surface area (Å²) < 4.78 is 24.7. The number of aliphatic imine (C=N–C) groups is 1. The third kappa shape index (κ3) is 7.71. The highest BCUT2D eigenvalue weighted by Gasteiger charge is 2.15. The van der Waals surface area contributed by atoms with Crippen LogP contribution in [-0.2, 0) is 15.9 Å². The zero-order valence-electron chi connectivity index (χ0n) is 14.7. The van der Waals surface area contributed by atoms with E-state index < -0.39 is 0 Å². The van der Waals surface area contributed by atoms with Gasteiger partial charge in [0.2, 0.25) is 0 Å². The number of rotatable bonds is 9. The summed E-state index contributed by atoms with van der Waals surface area (Å²) in [5, 5.41) is 6.53. The van der Waals surface area contributed by atoms with Crippen LogP contribution in [-0.4, -0.2) is 52.5 Å². The summed E-state index contributed by atoms with van der Waals surface area (Å²) >= 11 is 3.21. The zero-order chi connectivity index (χ0) is 17.9. The Kier molecular flexibility index (Phi) is 9.21. The SMILES string of the molecule is CN=C(NCCCOCC1CCOC1)NCCc1ccc(F)c(Br)c1. The van der Waals surface area contributed by atoms with Crippen molar-refractivity contribution in [3.63, 3.8) is 0 Å². The number of guanidine groups is 1. The van der Waals surface area contributed by atoms with E-state index in [0.29, 0.717) is 10.4 Å². The first-order chi connectivity index (χ1) is 12.2. The van der Waals surface area contributed by atoms with E-state index in [4.69, 9.17) is 9.47 Å². The molecule has 2 rings (SSSR count). The van der Waals surface area contributed by atoms with E-state index in [9.17, 15) is 4.39 Å². The Morgan fingerprint density at radius 1 is 1.40 bits per heavy atom. The van der Waals surface area contributed by atoms with Crippen LogP contribution in [0.2, 0.25) is 0 Å². The summed E-state index contributed by atoms with van der Waals surface area (Å²) in [5.41, 5.74) is 1.07. The van der Waals surface area contributed by atoms with Crippen LogP contribution in [0.25, 0.3) is 0 Å². The Morgan fingerprint density at radius 2 is 2.24 bits per heavy atom. The molecule has 7 heteroatoms. The first-order valence-corrected chi connectivity index (χ1v) is 9.52. The molecule has 25 heavy (non-hydrogen) atoms. The van der Waals surface area contributed by atoms with Gasteiger partial charge >= 0.3 is 0 Å². The van der Waals surface area contributed by atoms with Crippen molar-refractivity contribution in [3.05, 3.63) is 34.1 Å². The van der Waals surface area contributed by atoms with Gasteiger partial charge in [-0.05, 0) is 52.9 Å². The lowest BCUT2D eigenvalue weighted by atomic mass is 10.1. The average Bonchev–Trinajstić information content (AvgIpc) is 3.12. The van der Waals surface area contributed by atoms with E-state index in [1.807, 2.05) is 0 Å². The van der Waals surface area contributed by atoms with Crippen LogP contribution in [0.5, 0.6) is 0 Å². The largest absolute Gasteiger partial charge is 0.381 e. The molecule has 1 atom stereocenters. The van der Waals surface area contributed by atoms with Gasteiger partial charge in [-0.3, -0.25) is 4.99 Å². The zero-order valence-corrected chi connectivity index (χ0v) is 16.3. The van der Waals surface area contributed by atoms with Gasteiger partial charge in [-0.25, -0.2) is 4.39 Å². The fourth-order valence-corrected chi connectivity index (χ4v) is 3.01. The van der Waals surface area contributed by atoms with Crippen LogP contribution in [0.3, 0.4) is 0 Å². The van der Waals surface area contributed by atoms with Gasteiger partial charge in [-0.2, -0.15) is 0 Å². The van der Waals surface area contributed by atoms with Crippen molar-refractivity contribution in [2.24, 2.45) is 10.9 Å². The number of hydrogen-bond donors (Lipinski definition) is 2. The molecule has 0 saturated carbocycles. The van der Waals surface area contributed by atoms with Crippen molar-refractivity contribution in [1.29, 1.82) is 0 Å². The lowest BCUT2D eigenvalue weighted by Crippen LogP contribution is -2.39. The molecule has 0 bridgehead atoms. The Bertz CT molecular complexity index is 551. The molecule has 0 amide bonds. The maximum absolute atomic E-state index is 13.2. The van der Waals surface area contributed by atoms with E-state index in [1.165, 1.54) is 6.07 Å².